The first-order valence-electron chi connectivity index (χ1n) is 10.7. The van der Waals surface area contributed by atoms with E-state index in [1.54, 1.807) is 7.05 Å². The fourth-order valence-corrected chi connectivity index (χ4v) is 3.26. The molecule has 0 aliphatic carbocycles. The molecule has 7 heteroatoms. The molecule has 0 saturated carbocycles. The number of nitrogens with zero attached hydrogens (tertiary/aromatic N) is 2. The van der Waals surface area contributed by atoms with Gasteiger partial charge in [0.25, 0.3) is 0 Å². The molecular weight excluding hydrogens is 356 g/mol. The number of hydrogen-bond donors (Lipinski definition) is 2. The molecule has 1 unspecified atom stereocenters. The summed E-state index contributed by atoms with van der Waals surface area (Å²) in [4.78, 5) is 18.3. The van der Waals surface area contributed by atoms with Gasteiger partial charge in [0.15, 0.2) is 5.96 Å². The van der Waals surface area contributed by atoms with Crippen LogP contribution in [-0.4, -0.2) is 68.5 Å². The molecule has 1 heterocycles. The van der Waals surface area contributed by atoms with Gasteiger partial charge in [0.1, 0.15) is 5.60 Å². The SMILES string of the molecule is CCOC(CCNC(=NC)NCC1CCN(C(=O)OC(C)(C)C)CC1)C(C)C. The number of carbonyl (C=O) groups excluding carboxylic acids is 1. The van der Waals surface area contributed by atoms with Crippen LogP contribution < -0.4 is 10.6 Å². The van der Waals surface area contributed by atoms with Crippen molar-refractivity contribution in [3.05, 3.63) is 0 Å². The Labute approximate surface area is 171 Å². The Balaban J connectivity index is 2.29. The van der Waals surface area contributed by atoms with E-state index in [2.05, 4.69) is 29.5 Å². The Kier molecular flexibility index (Phi) is 10.6. The number of likely N-dealkylation sites (tertiary alicyclic amines) is 1. The molecule has 7 nitrogen and oxygen atoms in total. The van der Waals surface area contributed by atoms with Crippen molar-refractivity contribution in [3.8, 4) is 0 Å². The second kappa shape index (κ2) is 12.1. The molecule has 0 aromatic rings. The fraction of sp³-hybridized carbons (Fsp3) is 0.905. The molecule has 0 aromatic carbocycles. The maximum Gasteiger partial charge on any atom is 0.410 e. The average Bonchev–Trinajstić information content (AvgIpc) is 2.62. The highest BCUT2D eigenvalue weighted by atomic mass is 16.6. The molecule has 0 radical (unpaired) electrons. The van der Waals surface area contributed by atoms with E-state index in [1.807, 2.05) is 32.6 Å². The van der Waals surface area contributed by atoms with Gasteiger partial charge >= 0.3 is 6.09 Å². The number of ether oxygens (including phenoxy) is 2. The topological polar surface area (TPSA) is 75.2 Å². The van der Waals surface area contributed by atoms with Gasteiger partial charge < -0.3 is 25.0 Å². The number of hydrogen-bond acceptors (Lipinski definition) is 4. The van der Waals surface area contributed by atoms with Crippen LogP contribution in [0.25, 0.3) is 0 Å². The Hall–Kier alpha value is -1.50. The second-order valence-electron chi connectivity index (χ2n) is 8.82. The predicted octanol–water partition coefficient (Wildman–Crippen LogP) is 3.25. The third-order valence-corrected chi connectivity index (χ3v) is 4.89. The third kappa shape index (κ3) is 9.62. The summed E-state index contributed by atoms with van der Waals surface area (Å²) in [6, 6.07) is 0. The molecule has 0 aromatic heterocycles. The van der Waals surface area contributed by atoms with Crippen molar-refractivity contribution in [2.75, 3.05) is 39.8 Å². The van der Waals surface area contributed by atoms with E-state index in [0.717, 1.165) is 58.0 Å². The van der Waals surface area contributed by atoms with Gasteiger partial charge in [-0.1, -0.05) is 13.8 Å². The molecule has 1 fully saturated rings. The summed E-state index contributed by atoms with van der Waals surface area (Å²) in [5.74, 6) is 1.87. The van der Waals surface area contributed by atoms with E-state index < -0.39 is 5.60 Å². The molecule has 0 spiro atoms. The van der Waals surface area contributed by atoms with Crippen molar-refractivity contribution in [1.29, 1.82) is 0 Å². The Morgan fingerprint density at radius 3 is 2.36 bits per heavy atom. The van der Waals surface area contributed by atoms with Crippen LogP contribution in [0.5, 0.6) is 0 Å². The van der Waals surface area contributed by atoms with Crippen LogP contribution in [0.3, 0.4) is 0 Å². The minimum absolute atomic E-state index is 0.203. The normalized spacial score (nSPS) is 17.6. The van der Waals surface area contributed by atoms with Gasteiger partial charge in [0.05, 0.1) is 6.10 Å². The average molecular weight is 399 g/mol. The van der Waals surface area contributed by atoms with Crippen LogP contribution in [0.4, 0.5) is 4.79 Å². The van der Waals surface area contributed by atoms with Crippen LogP contribution in [0.15, 0.2) is 4.99 Å². The second-order valence-corrected chi connectivity index (χ2v) is 8.82. The van der Waals surface area contributed by atoms with Crippen molar-refractivity contribution >= 4 is 12.1 Å². The molecule has 1 amide bonds. The van der Waals surface area contributed by atoms with Gasteiger partial charge in [0.2, 0.25) is 0 Å². The zero-order chi connectivity index (χ0) is 21.2. The minimum Gasteiger partial charge on any atom is -0.444 e. The number of guanidine groups is 1. The summed E-state index contributed by atoms with van der Waals surface area (Å²) in [5, 5.41) is 6.80. The third-order valence-electron chi connectivity index (χ3n) is 4.89. The smallest absolute Gasteiger partial charge is 0.410 e. The number of carbonyl (C=O) groups is 1. The van der Waals surface area contributed by atoms with E-state index in [1.165, 1.54) is 0 Å². The molecule has 1 saturated heterocycles. The van der Waals surface area contributed by atoms with Gasteiger partial charge in [-0.15, -0.1) is 0 Å². The van der Waals surface area contributed by atoms with E-state index in [0.29, 0.717) is 11.8 Å². The maximum atomic E-state index is 12.1. The number of piperidine rings is 1. The van der Waals surface area contributed by atoms with Crippen LogP contribution >= 0.6 is 0 Å². The summed E-state index contributed by atoms with van der Waals surface area (Å²) < 4.78 is 11.2. The Morgan fingerprint density at radius 1 is 1.21 bits per heavy atom. The van der Waals surface area contributed by atoms with Crippen molar-refractivity contribution in [1.82, 2.24) is 15.5 Å². The highest BCUT2D eigenvalue weighted by Crippen LogP contribution is 2.19. The van der Waals surface area contributed by atoms with Gasteiger partial charge in [0, 0.05) is 39.8 Å². The lowest BCUT2D eigenvalue weighted by Crippen LogP contribution is -2.45. The molecule has 28 heavy (non-hydrogen) atoms. The lowest BCUT2D eigenvalue weighted by molar-refractivity contribution is 0.0185. The number of rotatable bonds is 8. The highest BCUT2D eigenvalue weighted by molar-refractivity contribution is 5.79. The first-order valence-corrected chi connectivity index (χ1v) is 10.7. The minimum atomic E-state index is -0.440. The lowest BCUT2D eigenvalue weighted by atomic mass is 9.97. The first-order chi connectivity index (χ1) is 13.2. The predicted molar refractivity (Wildman–Crippen MR) is 115 cm³/mol. The van der Waals surface area contributed by atoms with Crippen molar-refractivity contribution < 1.29 is 14.3 Å². The van der Waals surface area contributed by atoms with Crippen molar-refractivity contribution in [3.63, 3.8) is 0 Å². The summed E-state index contributed by atoms with van der Waals surface area (Å²) in [7, 11) is 1.79. The summed E-state index contributed by atoms with van der Waals surface area (Å²) in [5.41, 5.74) is -0.440. The zero-order valence-electron chi connectivity index (χ0n) is 19.0. The van der Waals surface area contributed by atoms with Crippen LogP contribution in [0, 0.1) is 11.8 Å². The standard InChI is InChI=1S/C21H42N4O3/c1-8-27-18(16(2)3)9-12-23-19(22-7)24-15-17-10-13-25(14-11-17)20(26)28-21(4,5)6/h16-18H,8-15H2,1-7H3,(H2,22,23,24). The van der Waals surface area contributed by atoms with Gasteiger partial charge in [-0.05, 0) is 58.8 Å². The number of amides is 1. The molecule has 164 valence electrons. The van der Waals surface area contributed by atoms with Crippen molar-refractivity contribution in [2.45, 2.75) is 72.5 Å². The molecule has 1 aliphatic heterocycles. The molecule has 2 N–H and O–H groups in total. The Morgan fingerprint density at radius 2 is 1.86 bits per heavy atom. The van der Waals surface area contributed by atoms with Gasteiger partial charge in [-0.25, -0.2) is 4.79 Å². The quantitative estimate of drug-likeness (QED) is 0.485. The first kappa shape index (κ1) is 24.5. The Bertz CT molecular complexity index is 481. The van der Waals surface area contributed by atoms with E-state index in [9.17, 15) is 4.79 Å². The summed E-state index contributed by atoms with van der Waals surface area (Å²) in [6.07, 6.45) is 2.98. The molecule has 0 bridgehead atoms. The highest BCUT2D eigenvalue weighted by Gasteiger charge is 2.26. The summed E-state index contributed by atoms with van der Waals surface area (Å²) in [6.45, 7) is 16.1. The fourth-order valence-electron chi connectivity index (χ4n) is 3.26. The monoisotopic (exact) mass is 398 g/mol. The lowest BCUT2D eigenvalue weighted by Gasteiger charge is -2.33. The van der Waals surface area contributed by atoms with Gasteiger partial charge in [-0.2, -0.15) is 0 Å². The van der Waals surface area contributed by atoms with Crippen LogP contribution in [0.1, 0.15) is 60.8 Å². The van der Waals surface area contributed by atoms with Crippen molar-refractivity contribution in [2.24, 2.45) is 16.8 Å². The van der Waals surface area contributed by atoms with Gasteiger partial charge in [-0.3, -0.25) is 4.99 Å². The molecule has 1 aliphatic rings. The van der Waals surface area contributed by atoms with E-state index in [-0.39, 0.29) is 12.2 Å². The summed E-state index contributed by atoms with van der Waals surface area (Å²) >= 11 is 0. The maximum absolute atomic E-state index is 12.1. The van der Waals surface area contributed by atoms with Crippen LogP contribution in [0.2, 0.25) is 0 Å². The molecular formula is C21H42N4O3. The number of nitrogens with one attached hydrogen (secondary N) is 2. The number of aliphatic imine (C=N–C) groups is 1. The van der Waals surface area contributed by atoms with Crippen LogP contribution in [-0.2, 0) is 9.47 Å². The molecule has 1 atom stereocenters. The zero-order valence-corrected chi connectivity index (χ0v) is 19.0. The largest absolute Gasteiger partial charge is 0.444 e. The molecule has 1 rings (SSSR count). The van der Waals surface area contributed by atoms with E-state index in [4.69, 9.17) is 9.47 Å². The van der Waals surface area contributed by atoms with E-state index >= 15 is 0 Å².